The summed E-state index contributed by atoms with van der Waals surface area (Å²) in [6.45, 7) is 9.71. The van der Waals surface area contributed by atoms with E-state index in [1.165, 1.54) is 0 Å². The van der Waals surface area contributed by atoms with Crippen molar-refractivity contribution in [1.29, 1.82) is 0 Å². The van der Waals surface area contributed by atoms with Crippen LogP contribution in [-0.2, 0) is 28.2 Å². The molecule has 10 nitrogen and oxygen atoms in total. The highest BCUT2D eigenvalue weighted by atomic mass is 28.4. The fourth-order valence-corrected chi connectivity index (χ4v) is 5.68. The van der Waals surface area contributed by atoms with Crippen molar-refractivity contribution in [2.24, 2.45) is 0 Å². The van der Waals surface area contributed by atoms with Crippen molar-refractivity contribution in [3.63, 3.8) is 0 Å². The molecule has 0 spiro atoms. The number of carbonyl (C=O) groups is 2. The highest BCUT2D eigenvalue weighted by Crippen LogP contribution is 2.39. The first-order chi connectivity index (χ1) is 16.5. The van der Waals surface area contributed by atoms with Gasteiger partial charge in [0.25, 0.3) is 0 Å². The lowest BCUT2D eigenvalue weighted by molar-refractivity contribution is -0.292. The van der Waals surface area contributed by atoms with Crippen LogP contribution in [0.2, 0.25) is 18.1 Å². The number of ether oxygens (including phenoxy) is 3. The largest absolute Gasteiger partial charge is 0.471 e. The number of carbonyl (C=O) groups excluding carboxylic acids is 2. The Balaban J connectivity index is 1.72. The van der Waals surface area contributed by atoms with Gasteiger partial charge in [0.05, 0.1) is 12.7 Å². The van der Waals surface area contributed by atoms with E-state index in [0.717, 1.165) is 0 Å². The van der Waals surface area contributed by atoms with Gasteiger partial charge in [-0.3, -0.25) is 9.59 Å². The van der Waals surface area contributed by atoms with Crippen molar-refractivity contribution in [1.82, 2.24) is 10.2 Å². The third-order valence-corrected chi connectivity index (χ3v) is 11.9. The lowest BCUT2D eigenvalue weighted by Gasteiger charge is -2.41. The van der Waals surface area contributed by atoms with Gasteiger partial charge in [-0.1, -0.05) is 20.8 Å². The number of aliphatic hydroxyl groups excluding tert-OH is 2. The summed E-state index contributed by atoms with van der Waals surface area (Å²) in [4.78, 5) is 25.7. The molecule has 0 aromatic carbocycles. The second kappa shape index (κ2) is 10.8. The van der Waals surface area contributed by atoms with Crippen molar-refractivity contribution in [2.75, 3.05) is 26.3 Å². The number of fused-ring (bicyclic) bond motifs is 6. The predicted molar refractivity (Wildman–Crippen MR) is 122 cm³/mol. The molecule has 4 aliphatic rings. The molecule has 0 radical (unpaired) electrons. The minimum atomic E-state index is -5.14. The maximum atomic E-state index is 13.3. The number of halogens is 3. The number of alkyl halides is 3. The second-order valence-corrected chi connectivity index (χ2v) is 15.8. The molecule has 3 N–H and O–H groups in total. The Kier molecular flexibility index (Phi) is 8.80. The van der Waals surface area contributed by atoms with E-state index in [-0.39, 0.29) is 37.8 Å². The first-order valence-electron chi connectivity index (χ1n) is 12.1. The zero-order chi connectivity index (χ0) is 27.1. The van der Waals surface area contributed by atoms with Gasteiger partial charge in [0.1, 0.15) is 30.5 Å². The van der Waals surface area contributed by atoms with Gasteiger partial charge in [-0.2, -0.15) is 13.2 Å². The van der Waals surface area contributed by atoms with Crippen molar-refractivity contribution in [3.8, 4) is 0 Å². The van der Waals surface area contributed by atoms with Gasteiger partial charge in [0, 0.05) is 26.1 Å². The Morgan fingerprint density at radius 1 is 1.11 bits per heavy atom. The number of rotatable bonds is 5. The topological polar surface area (TPSA) is 127 Å². The second-order valence-electron chi connectivity index (χ2n) is 11.0. The Labute approximate surface area is 209 Å². The van der Waals surface area contributed by atoms with Crippen molar-refractivity contribution in [2.45, 2.75) is 101 Å². The summed E-state index contributed by atoms with van der Waals surface area (Å²) < 4.78 is 62.9. The number of nitrogens with zero attached hydrogens (tertiary/aromatic N) is 1. The third kappa shape index (κ3) is 6.39. The van der Waals surface area contributed by atoms with Gasteiger partial charge < -0.3 is 39.1 Å². The zero-order valence-electron chi connectivity index (χ0n) is 21.2. The monoisotopic (exact) mass is 542 g/mol. The summed E-state index contributed by atoms with van der Waals surface area (Å²) in [5.74, 6) is -2.90. The summed E-state index contributed by atoms with van der Waals surface area (Å²) in [5.41, 5.74) is 0. The first-order valence-corrected chi connectivity index (χ1v) is 15.0. The van der Waals surface area contributed by atoms with Gasteiger partial charge in [-0.25, -0.2) is 0 Å². The van der Waals surface area contributed by atoms with E-state index < -0.39 is 69.2 Å². The minimum Gasteiger partial charge on any atom is -0.412 e. The molecular formula is C22H37F3N2O8Si. The molecule has 4 heterocycles. The number of amides is 2. The molecular weight excluding hydrogens is 505 g/mol. The maximum absolute atomic E-state index is 13.3. The molecule has 2 amide bonds. The summed E-state index contributed by atoms with van der Waals surface area (Å²) in [5, 5.41) is 22.9. The van der Waals surface area contributed by atoms with Crippen molar-refractivity contribution < 1.29 is 51.6 Å². The molecule has 4 fully saturated rings. The van der Waals surface area contributed by atoms with Crippen LogP contribution in [0.25, 0.3) is 0 Å². The first kappa shape index (κ1) is 29.3. The number of aliphatic hydroxyl groups is 2. The van der Waals surface area contributed by atoms with Crippen LogP contribution < -0.4 is 5.32 Å². The quantitative estimate of drug-likeness (QED) is 0.438. The molecule has 2 bridgehead atoms. The molecule has 4 aliphatic heterocycles. The summed E-state index contributed by atoms with van der Waals surface area (Å²) >= 11 is 0. The fourth-order valence-electron chi connectivity index (χ4n) is 4.32. The van der Waals surface area contributed by atoms with Gasteiger partial charge in [-0.05, 0) is 24.6 Å². The van der Waals surface area contributed by atoms with Crippen LogP contribution in [0.3, 0.4) is 0 Å². The molecule has 0 aromatic heterocycles. The average Bonchev–Trinajstić information content (AvgIpc) is 3.21. The molecule has 0 aromatic rings. The minimum absolute atomic E-state index is 0.0846. The third-order valence-electron chi connectivity index (χ3n) is 7.34. The highest BCUT2D eigenvalue weighted by Gasteiger charge is 2.52. The van der Waals surface area contributed by atoms with Gasteiger partial charge >= 0.3 is 12.1 Å². The molecule has 5 unspecified atom stereocenters. The van der Waals surface area contributed by atoms with E-state index in [9.17, 15) is 33.0 Å². The SMILES string of the molecule is CC(C)(C)[Si](C)(C)O[C@@H]1C[C@@H](C(=O)NCC2OC3OCCCOC2C(O)C3O)N(C(=O)C(F)(F)F)C1. The highest BCUT2D eigenvalue weighted by molar-refractivity contribution is 6.74. The standard InChI is InChI=1S/C22H37F3N2O8Si/c1-21(2,3)36(4,5)35-12-9-13(27(11-12)20(31)22(23,24)25)18(30)26-10-14-17-15(28)16(29)19(34-14)33-8-6-7-32-17/h12-17,19,28-29H,6-11H2,1-5H3,(H,26,30)/t12-,13+,14?,15?,16?,17?,19?/m1/s1. The predicted octanol–water partition coefficient (Wildman–Crippen LogP) is 0.908. The molecule has 0 aliphatic carbocycles. The van der Waals surface area contributed by atoms with Crippen LogP contribution >= 0.6 is 0 Å². The molecule has 36 heavy (non-hydrogen) atoms. The van der Waals surface area contributed by atoms with Gasteiger partial charge in [-0.15, -0.1) is 0 Å². The van der Waals surface area contributed by atoms with Crippen molar-refractivity contribution in [3.05, 3.63) is 0 Å². The van der Waals surface area contributed by atoms with E-state index in [1.807, 2.05) is 33.9 Å². The van der Waals surface area contributed by atoms with E-state index in [2.05, 4.69) is 5.32 Å². The van der Waals surface area contributed by atoms with Crippen LogP contribution in [0.1, 0.15) is 33.6 Å². The van der Waals surface area contributed by atoms with Crippen LogP contribution in [0.5, 0.6) is 0 Å². The zero-order valence-corrected chi connectivity index (χ0v) is 22.2. The van der Waals surface area contributed by atoms with E-state index in [4.69, 9.17) is 18.6 Å². The average molecular weight is 543 g/mol. The normalized spacial score (nSPS) is 34.2. The molecule has 14 heteroatoms. The Hall–Kier alpha value is -1.29. The van der Waals surface area contributed by atoms with Crippen LogP contribution in [-0.4, -0.2) is 111 Å². The smallest absolute Gasteiger partial charge is 0.412 e. The lowest BCUT2D eigenvalue weighted by atomic mass is 9.98. The molecule has 0 saturated carbocycles. The van der Waals surface area contributed by atoms with E-state index >= 15 is 0 Å². The fraction of sp³-hybridized carbons (Fsp3) is 0.909. The molecule has 4 saturated heterocycles. The van der Waals surface area contributed by atoms with Crippen molar-refractivity contribution >= 4 is 20.1 Å². The maximum Gasteiger partial charge on any atom is 0.471 e. The summed E-state index contributed by atoms with van der Waals surface area (Å²) in [6.07, 6.45) is -11.2. The number of likely N-dealkylation sites (tertiary alicyclic amines) is 1. The van der Waals surface area contributed by atoms with E-state index in [1.54, 1.807) is 0 Å². The van der Waals surface area contributed by atoms with Gasteiger partial charge in [0.2, 0.25) is 5.91 Å². The molecule has 7 atom stereocenters. The van der Waals surface area contributed by atoms with Gasteiger partial charge in [0.15, 0.2) is 14.6 Å². The Morgan fingerprint density at radius 2 is 1.75 bits per heavy atom. The van der Waals surface area contributed by atoms with Crippen LogP contribution in [0.4, 0.5) is 13.2 Å². The molecule has 4 rings (SSSR count). The lowest BCUT2D eigenvalue weighted by Crippen LogP contribution is -2.61. The summed E-state index contributed by atoms with van der Waals surface area (Å²) in [6, 6.07) is -1.39. The van der Waals surface area contributed by atoms with Crippen LogP contribution in [0.15, 0.2) is 0 Å². The number of hydrogen-bond donors (Lipinski definition) is 3. The Morgan fingerprint density at radius 3 is 2.36 bits per heavy atom. The van der Waals surface area contributed by atoms with E-state index in [0.29, 0.717) is 11.3 Å². The molecule has 208 valence electrons. The van der Waals surface area contributed by atoms with Crippen LogP contribution in [0, 0.1) is 0 Å². The summed E-state index contributed by atoms with van der Waals surface area (Å²) in [7, 11) is -2.38. The number of nitrogens with one attached hydrogen (secondary N) is 1. The number of hydrogen-bond acceptors (Lipinski definition) is 8. The Bertz CT molecular complexity index is 807.